The lowest BCUT2D eigenvalue weighted by atomic mass is 9.82. The molecule has 6 heteroatoms. The molecule has 1 atom stereocenters. The molecule has 2 heterocycles. The average molecular weight is 417 g/mol. The molecule has 1 saturated carbocycles. The SMILES string of the molecule is CC1CCC(C(=O)N(c2cc(C#CC(C)(C)C)sc2C(=O)O)C2CCNC2)CC1. The highest BCUT2D eigenvalue weighted by atomic mass is 32.1. The van der Waals surface area contributed by atoms with Crippen LogP contribution in [0.4, 0.5) is 5.69 Å². The Balaban J connectivity index is 1.98. The normalized spacial score (nSPS) is 24.6. The molecule has 2 aliphatic rings. The number of carboxylic acids is 1. The highest BCUT2D eigenvalue weighted by Crippen LogP contribution is 2.37. The summed E-state index contributed by atoms with van der Waals surface area (Å²) in [4.78, 5) is 28.3. The molecule has 2 fully saturated rings. The van der Waals surface area contributed by atoms with E-state index in [-0.39, 0.29) is 28.2 Å². The standard InChI is InChI=1S/C23H32N2O3S/c1-15-5-7-16(8-6-15)21(26)25(17-10-12-24-14-17)19-13-18(9-11-23(2,3)4)29-20(19)22(27)28/h13,15-17,24H,5-8,10,12,14H2,1-4H3,(H,27,28). The average Bonchev–Trinajstić information content (AvgIpc) is 3.31. The van der Waals surface area contributed by atoms with Crippen molar-refractivity contribution in [2.75, 3.05) is 18.0 Å². The molecular weight excluding hydrogens is 384 g/mol. The van der Waals surface area contributed by atoms with E-state index in [0.717, 1.165) is 38.6 Å². The summed E-state index contributed by atoms with van der Waals surface area (Å²) in [6.07, 6.45) is 4.74. The van der Waals surface area contributed by atoms with Crippen LogP contribution < -0.4 is 10.2 Å². The van der Waals surface area contributed by atoms with Gasteiger partial charge < -0.3 is 15.3 Å². The van der Waals surface area contributed by atoms with E-state index in [1.54, 1.807) is 4.90 Å². The smallest absolute Gasteiger partial charge is 0.348 e. The zero-order valence-corrected chi connectivity index (χ0v) is 18.7. The molecule has 1 aromatic rings. The highest BCUT2D eigenvalue weighted by Gasteiger charge is 2.36. The number of aromatic carboxylic acids is 1. The highest BCUT2D eigenvalue weighted by molar-refractivity contribution is 7.15. The minimum absolute atomic E-state index is 0.00187. The third kappa shape index (κ3) is 5.40. The minimum Gasteiger partial charge on any atom is -0.477 e. The fourth-order valence-corrected chi connectivity index (χ4v) is 4.92. The van der Waals surface area contributed by atoms with Gasteiger partial charge in [-0.3, -0.25) is 4.79 Å². The van der Waals surface area contributed by atoms with Crippen molar-refractivity contribution >= 4 is 28.9 Å². The van der Waals surface area contributed by atoms with Crippen molar-refractivity contribution in [2.24, 2.45) is 17.3 Å². The third-order valence-corrected chi connectivity index (χ3v) is 6.76. The number of carbonyl (C=O) groups excluding carboxylic acids is 1. The number of anilines is 1. The molecule has 29 heavy (non-hydrogen) atoms. The van der Waals surface area contributed by atoms with Crippen LogP contribution in [0.25, 0.3) is 0 Å². The summed E-state index contributed by atoms with van der Waals surface area (Å²) in [5, 5.41) is 13.2. The van der Waals surface area contributed by atoms with E-state index >= 15 is 0 Å². The number of thiophene rings is 1. The number of nitrogens with one attached hydrogen (secondary N) is 1. The Bertz CT molecular complexity index is 813. The van der Waals surface area contributed by atoms with E-state index in [0.29, 0.717) is 23.0 Å². The number of rotatable bonds is 4. The van der Waals surface area contributed by atoms with Gasteiger partial charge in [0.1, 0.15) is 4.88 Å². The van der Waals surface area contributed by atoms with Crippen LogP contribution >= 0.6 is 11.3 Å². The molecule has 1 aromatic heterocycles. The summed E-state index contributed by atoms with van der Waals surface area (Å²) in [6.45, 7) is 9.86. The van der Waals surface area contributed by atoms with Crippen molar-refractivity contribution in [3.05, 3.63) is 15.8 Å². The molecule has 1 aliphatic carbocycles. The number of nitrogens with zero attached hydrogens (tertiary/aromatic N) is 1. The van der Waals surface area contributed by atoms with Gasteiger partial charge in [-0.25, -0.2) is 4.79 Å². The van der Waals surface area contributed by atoms with Crippen molar-refractivity contribution in [3.8, 4) is 11.8 Å². The van der Waals surface area contributed by atoms with Gasteiger partial charge in [0, 0.05) is 17.9 Å². The Morgan fingerprint density at radius 3 is 2.45 bits per heavy atom. The Morgan fingerprint density at radius 1 is 1.21 bits per heavy atom. The Hall–Kier alpha value is -1.84. The predicted molar refractivity (Wildman–Crippen MR) is 117 cm³/mol. The summed E-state index contributed by atoms with van der Waals surface area (Å²) in [6, 6.07) is 1.81. The maximum absolute atomic E-state index is 13.6. The second-order valence-corrected chi connectivity index (χ2v) is 10.5. The number of hydrogen-bond donors (Lipinski definition) is 2. The van der Waals surface area contributed by atoms with Crippen molar-refractivity contribution in [1.29, 1.82) is 0 Å². The molecule has 5 nitrogen and oxygen atoms in total. The quantitative estimate of drug-likeness (QED) is 0.716. The molecule has 0 aromatic carbocycles. The zero-order valence-electron chi connectivity index (χ0n) is 17.9. The van der Waals surface area contributed by atoms with Gasteiger partial charge in [-0.05, 0) is 71.4 Å². The van der Waals surface area contributed by atoms with Crippen LogP contribution in [0.3, 0.4) is 0 Å². The molecule has 2 N–H and O–H groups in total. The number of hydrogen-bond acceptors (Lipinski definition) is 4. The van der Waals surface area contributed by atoms with E-state index in [1.165, 1.54) is 11.3 Å². The first-order valence-corrected chi connectivity index (χ1v) is 11.4. The second-order valence-electron chi connectivity index (χ2n) is 9.44. The van der Waals surface area contributed by atoms with E-state index in [9.17, 15) is 14.7 Å². The molecular formula is C23H32N2O3S. The summed E-state index contributed by atoms with van der Waals surface area (Å²) in [5.41, 5.74) is 0.357. The largest absolute Gasteiger partial charge is 0.477 e. The van der Waals surface area contributed by atoms with Crippen molar-refractivity contribution in [2.45, 2.75) is 65.8 Å². The lowest BCUT2D eigenvalue weighted by Crippen LogP contribution is -2.46. The van der Waals surface area contributed by atoms with Crippen LogP contribution in [0.2, 0.25) is 0 Å². The molecule has 3 rings (SSSR count). The van der Waals surface area contributed by atoms with Gasteiger partial charge in [0.05, 0.1) is 16.6 Å². The van der Waals surface area contributed by atoms with Crippen LogP contribution in [0.1, 0.15) is 74.3 Å². The minimum atomic E-state index is -0.991. The first-order valence-electron chi connectivity index (χ1n) is 10.6. The predicted octanol–water partition coefficient (Wildman–Crippen LogP) is 4.37. The van der Waals surface area contributed by atoms with Crippen LogP contribution in [0.15, 0.2) is 6.07 Å². The number of carbonyl (C=O) groups is 2. The fourth-order valence-electron chi connectivity index (χ4n) is 4.08. The fraction of sp³-hybridized carbons (Fsp3) is 0.652. The van der Waals surface area contributed by atoms with E-state index in [4.69, 9.17) is 0 Å². The Kier molecular flexibility index (Phi) is 6.70. The number of carboxylic acid groups (broad SMARTS) is 1. The van der Waals surface area contributed by atoms with Crippen LogP contribution in [0, 0.1) is 29.1 Å². The van der Waals surface area contributed by atoms with Crippen LogP contribution in [-0.2, 0) is 4.79 Å². The molecule has 0 spiro atoms. The van der Waals surface area contributed by atoms with Crippen molar-refractivity contribution in [1.82, 2.24) is 5.32 Å². The van der Waals surface area contributed by atoms with Gasteiger partial charge in [0.15, 0.2) is 0 Å². The Labute approximate surface area is 177 Å². The molecule has 0 bridgehead atoms. The van der Waals surface area contributed by atoms with Gasteiger partial charge in [-0.15, -0.1) is 11.3 Å². The summed E-state index contributed by atoms with van der Waals surface area (Å²) in [5.74, 6) is 6.04. The maximum Gasteiger partial charge on any atom is 0.348 e. The summed E-state index contributed by atoms with van der Waals surface area (Å²) < 4.78 is 0. The third-order valence-electron chi connectivity index (χ3n) is 5.73. The van der Waals surface area contributed by atoms with Crippen molar-refractivity contribution < 1.29 is 14.7 Å². The molecule has 1 aliphatic heterocycles. The first-order chi connectivity index (χ1) is 13.7. The zero-order chi connectivity index (χ0) is 21.2. The summed E-state index contributed by atoms with van der Waals surface area (Å²) in [7, 11) is 0. The Morgan fingerprint density at radius 2 is 1.90 bits per heavy atom. The van der Waals surface area contributed by atoms with Gasteiger partial charge in [-0.2, -0.15) is 0 Å². The molecule has 0 radical (unpaired) electrons. The lowest BCUT2D eigenvalue weighted by molar-refractivity contribution is -0.124. The van der Waals surface area contributed by atoms with Gasteiger partial charge in [0.2, 0.25) is 5.91 Å². The molecule has 1 saturated heterocycles. The second kappa shape index (κ2) is 8.89. The van der Waals surface area contributed by atoms with Gasteiger partial charge in [-0.1, -0.05) is 18.8 Å². The monoisotopic (exact) mass is 416 g/mol. The molecule has 158 valence electrons. The van der Waals surface area contributed by atoms with E-state index < -0.39 is 5.97 Å². The topological polar surface area (TPSA) is 69.6 Å². The van der Waals surface area contributed by atoms with Crippen LogP contribution in [0.5, 0.6) is 0 Å². The summed E-state index contributed by atoms with van der Waals surface area (Å²) >= 11 is 1.17. The van der Waals surface area contributed by atoms with E-state index in [2.05, 4.69) is 24.1 Å². The van der Waals surface area contributed by atoms with Gasteiger partial charge >= 0.3 is 5.97 Å². The van der Waals surface area contributed by atoms with Crippen LogP contribution in [-0.4, -0.2) is 36.1 Å². The maximum atomic E-state index is 13.6. The molecule has 1 amide bonds. The van der Waals surface area contributed by atoms with Gasteiger partial charge in [0.25, 0.3) is 0 Å². The van der Waals surface area contributed by atoms with E-state index in [1.807, 2.05) is 26.8 Å². The molecule has 1 unspecified atom stereocenters. The first kappa shape index (κ1) is 21.9. The lowest BCUT2D eigenvalue weighted by Gasteiger charge is -2.34. The number of amides is 1. The van der Waals surface area contributed by atoms with Crippen molar-refractivity contribution in [3.63, 3.8) is 0 Å².